The number of aliphatic hydroxyl groups excluding tert-OH is 1. The van der Waals surface area contributed by atoms with Crippen molar-refractivity contribution in [3.8, 4) is 17.2 Å². The number of nitrogens with zero attached hydrogens (tertiary/aromatic N) is 2. The van der Waals surface area contributed by atoms with Gasteiger partial charge in [0.05, 0.1) is 18.9 Å². The van der Waals surface area contributed by atoms with Gasteiger partial charge in [-0.15, -0.1) is 0 Å². The van der Waals surface area contributed by atoms with Crippen molar-refractivity contribution in [3.63, 3.8) is 0 Å². The summed E-state index contributed by atoms with van der Waals surface area (Å²) in [6.07, 6.45) is 4.00. The third-order valence-corrected chi connectivity index (χ3v) is 6.06. The van der Waals surface area contributed by atoms with E-state index in [2.05, 4.69) is 17.9 Å². The minimum Gasteiger partial charge on any atom is -0.496 e. The first-order valence-electron chi connectivity index (χ1n) is 9.52. The first-order valence-corrected chi connectivity index (χ1v) is 9.52. The lowest BCUT2D eigenvalue weighted by atomic mass is 9.99. The fraction of sp³-hybridized carbons (Fsp3) is 0.571. The van der Waals surface area contributed by atoms with Crippen molar-refractivity contribution in [1.82, 2.24) is 9.88 Å². The largest absolute Gasteiger partial charge is 0.496 e. The Morgan fingerprint density at radius 1 is 1.15 bits per heavy atom. The van der Waals surface area contributed by atoms with E-state index in [4.69, 9.17) is 14.1 Å². The van der Waals surface area contributed by atoms with Crippen LogP contribution in [0.3, 0.4) is 0 Å². The predicted octanol–water partition coefficient (Wildman–Crippen LogP) is 3.76. The van der Waals surface area contributed by atoms with Gasteiger partial charge in [0.25, 0.3) is 0 Å². The number of aromatic nitrogens is 1. The fourth-order valence-corrected chi connectivity index (χ4v) is 4.61. The Morgan fingerprint density at radius 3 is 2.50 bits per heavy atom. The van der Waals surface area contributed by atoms with Gasteiger partial charge in [-0.2, -0.15) is 0 Å². The Kier molecular flexibility index (Phi) is 4.53. The first-order chi connectivity index (χ1) is 12.5. The van der Waals surface area contributed by atoms with Crippen LogP contribution in [-0.2, 0) is 6.54 Å². The Morgan fingerprint density at radius 2 is 1.85 bits per heavy atom. The monoisotopic (exact) mass is 356 g/mol. The van der Waals surface area contributed by atoms with Crippen molar-refractivity contribution in [2.75, 3.05) is 7.11 Å². The Balaban J connectivity index is 1.60. The lowest BCUT2D eigenvalue weighted by Crippen LogP contribution is -2.44. The smallest absolute Gasteiger partial charge is 0.226 e. The zero-order chi connectivity index (χ0) is 18.4. The van der Waals surface area contributed by atoms with E-state index in [0.29, 0.717) is 18.0 Å². The number of aryl methyl sites for hydroxylation is 3. The highest BCUT2D eigenvalue weighted by molar-refractivity contribution is 5.62. The molecule has 0 aliphatic carbocycles. The van der Waals surface area contributed by atoms with Crippen molar-refractivity contribution >= 4 is 0 Å². The number of piperidine rings is 1. The van der Waals surface area contributed by atoms with Crippen LogP contribution in [0, 0.1) is 20.8 Å². The number of hydrogen-bond acceptors (Lipinski definition) is 5. The van der Waals surface area contributed by atoms with Gasteiger partial charge in [0.2, 0.25) is 5.89 Å². The van der Waals surface area contributed by atoms with Gasteiger partial charge in [0, 0.05) is 24.2 Å². The molecule has 1 unspecified atom stereocenters. The lowest BCUT2D eigenvalue weighted by molar-refractivity contribution is 0.0302. The summed E-state index contributed by atoms with van der Waals surface area (Å²) in [6.45, 7) is 6.90. The molecule has 2 bridgehead atoms. The highest BCUT2D eigenvalue weighted by Gasteiger charge is 2.40. The van der Waals surface area contributed by atoms with Gasteiger partial charge in [-0.3, -0.25) is 4.90 Å². The molecule has 0 spiro atoms. The van der Waals surface area contributed by atoms with Gasteiger partial charge in [-0.05, 0) is 69.7 Å². The molecule has 5 nitrogen and oxygen atoms in total. The number of ether oxygens (including phenoxy) is 1. The number of aliphatic hydroxyl groups is 1. The zero-order valence-corrected chi connectivity index (χ0v) is 16.1. The third-order valence-electron chi connectivity index (χ3n) is 6.06. The summed E-state index contributed by atoms with van der Waals surface area (Å²) in [7, 11) is 1.69. The van der Waals surface area contributed by atoms with Crippen LogP contribution in [0.4, 0.5) is 0 Å². The van der Waals surface area contributed by atoms with E-state index in [9.17, 15) is 5.11 Å². The molecule has 1 aromatic heterocycles. The molecule has 2 aliphatic heterocycles. The molecule has 4 rings (SSSR count). The summed E-state index contributed by atoms with van der Waals surface area (Å²) >= 11 is 0. The van der Waals surface area contributed by atoms with E-state index in [-0.39, 0.29) is 6.10 Å². The molecule has 2 saturated heterocycles. The van der Waals surface area contributed by atoms with E-state index in [1.165, 1.54) is 12.8 Å². The summed E-state index contributed by atoms with van der Waals surface area (Å²) in [5.74, 6) is 2.46. The van der Waals surface area contributed by atoms with Crippen molar-refractivity contribution in [2.45, 2.75) is 71.2 Å². The van der Waals surface area contributed by atoms with Crippen LogP contribution in [0.2, 0.25) is 0 Å². The maximum absolute atomic E-state index is 10.0. The molecule has 0 radical (unpaired) electrons. The molecule has 2 fully saturated rings. The summed E-state index contributed by atoms with van der Waals surface area (Å²) < 4.78 is 11.4. The maximum atomic E-state index is 10.0. The molecule has 140 valence electrons. The molecule has 5 heteroatoms. The average molecular weight is 356 g/mol. The third kappa shape index (κ3) is 3.03. The second-order valence-corrected chi connectivity index (χ2v) is 7.84. The van der Waals surface area contributed by atoms with E-state index in [0.717, 1.165) is 53.3 Å². The second kappa shape index (κ2) is 6.71. The van der Waals surface area contributed by atoms with Gasteiger partial charge in [0.15, 0.2) is 0 Å². The quantitative estimate of drug-likeness (QED) is 0.904. The fourth-order valence-electron chi connectivity index (χ4n) is 4.61. The molecule has 3 heterocycles. The summed E-state index contributed by atoms with van der Waals surface area (Å²) in [5.41, 5.74) is 4.21. The predicted molar refractivity (Wildman–Crippen MR) is 100 cm³/mol. The highest BCUT2D eigenvalue weighted by atomic mass is 16.5. The molecular formula is C21H28N2O3. The van der Waals surface area contributed by atoms with Gasteiger partial charge in [-0.25, -0.2) is 4.98 Å². The molecular weight excluding hydrogens is 328 g/mol. The molecule has 0 saturated carbocycles. The van der Waals surface area contributed by atoms with Crippen molar-refractivity contribution in [1.29, 1.82) is 0 Å². The van der Waals surface area contributed by atoms with Gasteiger partial charge in [0.1, 0.15) is 11.5 Å². The Bertz CT molecular complexity index is 800. The van der Waals surface area contributed by atoms with Gasteiger partial charge in [-0.1, -0.05) is 0 Å². The van der Waals surface area contributed by atoms with Crippen LogP contribution in [-0.4, -0.2) is 40.3 Å². The SMILES string of the molecule is COc1cc(C)c(-c2nc(CN3[C@@H]4CC[C@H]3CC(O)C4)c(C)o2)cc1C. The maximum Gasteiger partial charge on any atom is 0.226 e. The standard InChI is InChI=1S/C21H28N2O3/c1-12-8-20(25-4)13(2)7-18(12)21-22-19(14(3)26-21)11-23-15-5-6-16(23)10-17(24)9-15/h7-8,15-17,24H,5-6,9-11H2,1-4H3/t15-,16+,17?. The molecule has 26 heavy (non-hydrogen) atoms. The molecule has 0 amide bonds. The lowest BCUT2D eigenvalue weighted by Gasteiger charge is -2.36. The van der Waals surface area contributed by atoms with Crippen molar-refractivity contribution in [3.05, 3.63) is 34.7 Å². The van der Waals surface area contributed by atoms with E-state index in [1.54, 1.807) is 7.11 Å². The van der Waals surface area contributed by atoms with Crippen LogP contribution >= 0.6 is 0 Å². The van der Waals surface area contributed by atoms with Crippen LogP contribution in [0.1, 0.15) is 48.3 Å². The minimum atomic E-state index is -0.136. The second-order valence-electron chi connectivity index (χ2n) is 7.84. The van der Waals surface area contributed by atoms with Crippen LogP contribution in [0.5, 0.6) is 5.75 Å². The Hall–Kier alpha value is -1.85. The normalized spacial score (nSPS) is 25.7. The summed E-state index contributed by atoms with van der Waals surface area (Å²) in [5, 5.41) is 10.0. The number of rotatable bonds is 4. The highest BCUT2D eigenvalue weighted by Crippen LogP contribution is 2.38. The van der Waals surface area contributed by atoms with E-state index >= 15 is 0 Å². The van der Waals surface area contributed by atoms with Crippen LogP contribution in [0.25, 0.3) is 11.5 Å². The summed E-state index contributed by atoms with van der Waals surface area (Å²) in [4.78, 5) is 7.36. The Labute approximate surface area is 155 Å². The van der Waals surface area contributed by atoms with E-state index < -0.39 is 0 Å². The average Bonchev–Trinajstić information content (AvgIpc) is 3.07. The molecule has 3 atom stereocenters. The topological polar surface area (TPSA) is 58.7 Å². The number of hydrogen-bond donors (Lipinski definition) is 1. The number of methoxy groups -OCH3 is 1. The molecule has 2 aliphatic rings. The van der Waals surface area contributed by atoms with E-state index in [1.807, 2.05) is 19.9 Å². The molecule has 2 aromatic rings. The molecule has 1 aromatic carbocycles. The minimum absolute atomic E-state index is 0.136. The van der Waals surface area contributed by atoms with Crippen LogP contribution < -0.4 is 4.74 Å². The molecule has 1 N–H and O–H groups in total. The number of oxazole rings is 1. The van der Waals surface area contributed by atoms with Crippen molar-refractivity contribution in [2.24, 2.45) is 0 Å². The number of benzene rings is 1. The van der Waals surface area contributed by atoms with Crippen molar-refractivity contribution < 1.29 is 14.3 Å². The number of fused-ring (bicyclic) bond motifs is 2. The summed E-state index contributed by atoms with van der Waals surface area (Å²) in [6, 6.07) is 5.09. The van der Waals surface area contributed by atoms with Gasteiger partial charge < -0.3 is 14.3 Å². The first kappa shape index (κ1) is 17.6. The van der Waals surface area contributed by atoms with Crippen LogP contribution in [0.15, 0.2) is 16.5 Å². The zero-order valence-electron chi connectivity index (χ0n) is 16.1. The van der Waals surface area contributed by atoms with Gasteiger partial charge >= 0.3 is 0 Å².